The average molecular weight is 562 g/mol. The van der Waals surface area contributed by atoms with Gasteiger partial charge in [0.2, 0.25) is 0 Å². The first-order valence-electron chi connectivity index (χ1n) is 10.3. The number of guanidine groups is 1. The largest absolute Gasteiger partial charge is 0.401 e. The third kappa shape index (κ3) is 10.1. The Labute approximate surface area is 199 Å². The fourth-order valence-corrected chi connectivity index (χ4v) is 4.39. The van der Waals surface area contributed by atoms with Crippen LogP contribution in [-0.2, 0) is 11.8 Å². The van der Waals surface area contributed by atoms with Crippen LogP contribution >= 0.6 is 35.3 Å². The Morgan fingerprint density at radius 2 is 1.83 bits per heavy atom. The molecule has 0 aliphatic carbocycles. The first kappa shape index (κ1) is 27.4. The molecule has 1 aliphatic rings. The van der Waals surface area contributed by atoms with E-state index in [-0.39, 0.29) is 29.4 Å². The summed E-state index contributed by atoms with van der Waals surface area (Å²) in [4.78, 5) is 10.5. The average Bonchev–Trinajstić information content (AvgIpc) is 3.10. The summed E-state index contributed by atoms with van der Waals surface area (Å²) in [5, 5.41) is 9.86. The Kier molecular flexibility index (Phi) is 11.4. The Balaban J connectivity index is 0.00000450. The second-order valence-electron chi connectivity index (χ2n) is 8.68. The summed E-state index contributed by atoms with van der Waals surface area (Å²) in [6.07, 6.45) is -0.658. The number of piperidine rings is 1. The molecule has 2 heterocycles. The monoisotopic (exact) mass is 561 g/mol. The van der Waals surface area contributed by atoms with E-state index in [4.69, 9.17) is 4.98 Å². The van der Waals surface area contributed by atoms with Gasteiger partial charge < -0.3 is 10.6 Å². The van der Waals surface area contributed by atoms with Crippen LogP contribution in [0, 0.1) is 5.92 Å². The van der Waals surface area contributed by atoms with Crippen molar-refractivity contribution < 1.29 is 13.2 Å². The molecular weight excluding hydrogens is 526 g/mol. The zero-order chi connectivity index (χ0) is 21.5. The minimum Gasteiger partial charge on any atom is -0.356 e. The molecule has 0 amide bonds. The summed E-state index contributed by atoms with van der Waals surface area (Å²) >= 11 is 1.69. The highest BCUT2D eigenvalue weighted by Gasteiger charge is 2.32. The van der Waals surface area contributed by atoms with Gasteiger partial charge in [0.05, 0.1) is 17.2 Å². The number of aromatic nitrogens is 1. The van der Waals surface area contributed by atoms with E-state index in [1.165, 1.54) is 4.90 Å². The van der Waals surface area contributed by atoms with Crippen LogP contribution in [0.15, 0.2) is 10.4 Å². The van der Waals surface area contributed by atoms with Crippen molar-refractivity contribution in [3.63, 3.8) is 0 Å². The summed E-state index contributed by atoms with van der Waals surface area (Å²) in [7, 11) is 1.74. The Morgan fingerprint density at radius 3 is 2.37 bits per heavy atom. The number of nitrogens with one attached hydrogen (secondary N) is 2. The lowest BCUT2D eigenvalue weighted by atomic mass is 9.93. The van der Waals surface area contributed by atoms with Crippen molar-refractivity contribution in [3.8, 4) is 0 Å². The van der Waals surface area contributed by atoms with E-state index in [0.717, 1.165) is 55.4 Å². The van der Waals surface area contributed by atoms with Crippen LogP contribution in [0.25, 0.3) is 0 Å². The number of aliphatic imine (C=N–C) groups is 1. The summed E-state index contributed by atoms with van der Waals surface area (Å²) < 4.78 is 37.4. The van der Waals surface area contributed by atoms with E-state index >= 15 is 0 Å². The molecule has 0 saturated carbocycles. The molecule has 1 fully saturated rings. The molecule has 2 N–H and O–H groups in total. The second kappa shape index (κ2) is 12.4. The third-order valence-corrected chi connectivity index (χ3v) is 6.04. The maximum absolute atomic E-state index is 12.5. The molecule has 0 bridgehead atoms. The first-order chi connectivity index (χ1) is 13.6. The molecule has 0 spiro atoms. The van der Waals surface area contributed by atoms with Gasteiger partial charge in [-0.25, -0.2) is 4.98 Å². The summed E-state index contributed by atoms with van der Waals surface area (Å²) in [6.45, 7) is 8.29. The minimum absolute atomic E-state index is 0. The van der Waals surface area contributed by atoms with Crippen molar-refractivity contribution in [1.82, 2.24) is 20.5 Å². The smallest absolute Gasteiger partial charge is 0.356 e. The van der Waals surface area contributed by atoms with Crippen molar-refractivity contribution in [1.29, 1.82) is 0 Å². The molecule has 30 heavy (non-hydrogen) atoms. The quantitative estimate of drug-likeness (QED) is 0.294. The molecular formula is C20H35F3IN5S. The number of hydrogen-bond donors (Lipinski definition) is 2. The van der Waals surface area contributed by atoms with E-state index in [0.29, 0.717) is 19.0 Å². The summed E-state index contributed by atoms with van der Waals surface area (Å²) in [6, 6.07) is 0. The fraction of sp³-hybridized carbons (Fsp3) is 0.800. The van der Waals surface area contributed by atoms with Gasteiger partial charge in [0, 0.05) is 37.4 Å². The lowest BCUT2D eigenvalue weighted by molar-refractivity contribution is -0.148. The van der Waals surface area contributed by atoms with E-state index < -0.39 is 12.7 Å². The lowest BCUT2D eigenvalue weighted by Gasteiger charge is -2.32. The van der Waals surface area contributed by atoms with Crippen LogP contribution in [0.3, 0.4) is 0 Å². The van der Waals surface area contributed by atoms with Crippen LogP contribution in [0.2, 0.25) is 0 Å². The Morgan fingerprint density at radius 1 is 1.20 bits per heavy atom. The number of nitrogens with zero attached hydrogens (tertiary/aromatic N) is 3. The SMILES string of the molecule is CN=C(NCCc1nc(C(C)(C)C)cs1)NCCC1CCN(CC(F)(F)F)CC1.I. The normalized spacial score (nSPS) is 17.0. The van der Waals surface area contributed by atoms with Crippen molar-refractivity contribution in [3.05, 3.63) is 16.1 Å². The van der Waals surface area contributed by atoms with E-state index in [1.54, 1.807) is 18.4 Å². The highest BCUT2D eigenvalue weighted by atomic mass is 127. The zero-order valence-electron chi connectivity index (χ0n) is 18.3. The van der Waals surface area contributed by atoms with E-state index in [9.17, 15) is 13.2 Å². The van der Waals surface area contributed by atoms with Crippen LogP contribution in [0.4, 0.5) is 13.2 Å². The molecule has 0 unspecified atom stereocenters. The minimum atomic E-state index is -4.10. The topological polar surface area (TPSA) is 52.6 Å². The highest BCUT2D eigenvalue weighted by molar-refractivity contribution is 14.0. The molecule has 10 heteroatoms. The Bertz CT molecular complexity index is 650. The standard InChI is InChI=1S/C20H34F3N5S.HI/c1-19(2,3)16-13-29-17(27-16)6-10-26-18(24-4)25-9-5-15-7-11-28(12-8-15)14-20(21,22)23;/h13,15H,5-12,14H2,1-4H3,(H2,24,25,26);1H. The van der Waals surface area contributed by atoms with Gasteiger partial charge >= 0.3 is 6.18 Å². The number of alkyl halides is 3. The van der Waals surface area contributed by atoms with E-state index in [2.05, 4.69) is 41.8 Å². The molecule has 1 aromatic heterocycles. The van der Waals surface area contributed by atoms with Crippen molar-refractivity contribution >= 4 is 41.3 Å². The van der Waals surface area contributed by atoms with Crippen LogP contribution < -0.4 is 10.6 Å². The molecule has 0 aromatic carbocycles. The number of thiazole rings is 1. The van der Waals surface area contributed by atoms with Gasteiger partial charge in [-0.2, -0.15) is 13.2 Å². The summed E-state index contributed by atoms with van der Waals surface area (Å²) in [5.74, 6) is 1.23. The predicted molar refractivity (Wildman–Crippen MR) is 129 cm³/mol. The van der Waals surface area contributed by atoms with Crippen LogP contribution in [0.1, 0.15) is 50.7 Å². The molecule has 1 aromatic rings. The molecule has 1 aliphatic heterocycles. The maximum atomic E-state index is 12.5. The zero-order valence-corrected chi connectivity index (χ0v) is 21.5. The maximum Gasteiger partial charge on any atom is 0.401 e. The molecule has 2 rings (SSSR count). The lowest BCUT2D eigenvalue weighted by Crippen LogP contribution is -2.42. The van der Waals surface area contributed by atoms with Crippen LogP contribution in [-0.4, -0.2) is 61.8 Å². The molecule has 1 saturated heterocycles. The molecule has 5 nitrogen and oxygen atoms in total. The molecule has 0 radical (unpaired) electrons. The van der Waals surface area contributed by atoms with E-state index in [1.807, 2.05) is 0 Å². The number of rotatable bonds is 7. The van der Waals surface area contributed by atoms with Gasteiger partial charge in [-0.1, -0.05) is 20.8 Å². The van der Waals surface area contributed by atoms with Crippen molar-refractivity contribution in [2.24, 2.45) is 10.9 Å². The van der Waals surface area contributed by atoms with Gasteiger partial charge in [-0.15, -0.1) is 35.3 Å². The van der Waals surface area contributed by atoms with Gasteiger partial charge in [0.1, 0.15) is 0 Å². The number of hydrogen-bond acceptors (Lipinski definition) is 4. The molecule has 174 valence electrons. The first-order valence-corrected chi connectivity index (χ1v) is 11.1. The van der Waals surface area contributed by atoms with Crippen LogP contribution in [0.5, 0.6) is 0 Å². The highest BCUT2D eigenvalue weighted by Crippen LogP contribution is 2.25. The fourth-order valence-electron chi connectivity index (χ4n) is 3.36. The number of likely N-dealkylation sites (tertiary alicyclic amines) is 1. The third-order valence-electron chi connectivity index (χ3n) is 5.13. The van der Waals surface area contributed by atoms with Gasteiger partial charge in [0.25, 0.3) is 0 Å². The predicted octanol–water partition coefficient (Wildman–Crippen LogP) is 4.43. The van der Waals surface area contributed by atoms with Crippen molar-refractivity contribution in [2.45, 2.75) is 58.0 Å². The molecule has 0 atom stereocenters. The second-order valence-corrected chi connectivity index (χ2v) is 9.62. The number of halogens is 4. The van der Waals surface area contributed by atoms with Crippen molar-refractivity contribution in [2.75, 3.05) is 39.8 Å². The Hall–Kier alpha value is -0.620. The van der Waals surface area contributed by atoms with Gasteiger partial charge in [-0.05, 0) is 38.3 Å². The summed E-state index contributed by atoms with van der Waals surface area (Å²) in [5.41, 5.74) is 1.20. The van der Waals surface area contributed by atoms with Gasteiger partial charge in [0.15, 0.2) is 5.96 Å². The van der Waals surface area contributed by atoms with Gasteiger partial charge in [-0.3, -0.25) is 9.89 Å².